The molecule has 0 aliphatic carbocycles. The number of hydrogen-bond acceptors (Lipinski definition) is 5. The summed E-state index contributed by atoms with van der Waals surface area (Å²) in [4.78, 5) is 6.92. The molecule has 1 aliphatic rings. The van der Waals surface area contributed by atoms with Gasteiger partial charge in [-0.15, -0.1) is 11.3 Å². The third-order valence-electron chi connectivity index (χ3n) is 2.89. The fourth-order valence-corrected chi connectivity index (χ4v) is 2.83. The van der Waals surface area contributed by atoms with Crippen molar-refractivity contribution < 1.29 is 9.47 Å². The van der Waals surface area contributed by atoms with Crippen LogP contribution in [0, 0.1) is 6.92 Å². The van der Waals surface area contributed by atoms with Crippen LogP contribution in [0.3, 0.4) is 0 Å². The second-order valence-corrected chi connectivity index (χ2v) is 5.33. The minimum absolute atomic E-state index is 0.310. The molecule has 0 spiro atoms. The molecule has 17 heavy (non-hydrogen) atoms. The van der Waals surface area contributed by atoms with Gasteiger partial charge in [-0.05, 0) is 13.3 Å². The molecule has 0 aromatic carbocycles. The summed E-state index contributed by atoms with van der Waals surface area (Å²) < 4.78 is 10.8. The smallest absolute Gasteiger partial charge is 0.107 e. The van der Waals surface area contributed by atoms with Gasteiger partial charge in [0.15, 0.2) is 0 Å². The van der Waals surface area contributed by atoms with Gasteiger partial charge in [0.2, 0.25) is 0 Å². The lowest BCUT2D eigenvalue weighted by Gasteiger charge is -2.32. The quantitative estimate of drug-likeness (QED) is 0.803. The number of aryl methyl sites for hydroxylation is 1. The summed E-state index contributed by atoms with van der Waals surface area (Å²) in [5, 5.41) is 3.31. The zero-order valence-electron chi connectivity index (χ0n) is 10.5. The lowest BCUT2D eigenvalue weighted by molar-refractivity contribution is -0.0432. The molecule has 2 heterocycles. The molecule has 0 saturated carbocycles. The van der Waals surface area contributed by atoms with Gasteiger partial charge in [0, 0.05) is 37.9 Å². The van der Waals surface area contributed by atoms with Gasteiger partial charge >= 0.3 is 0 Å². The molecule has 96 valence electrons. The van der Waals surface area contributed by atoms with E-state index < -0.39 is 0 Å². The van der Waals surface area contributed by atoms with Crippen molar-refractivity contribution in [3.8, 4) is 0 Å². The molecule has 1 aromatic rings. The van der Waals surface area contributed by atoms with E-state index in [0.29, 0.717) is 6.10 Å². The monoisotopic (exact) mass is 256 g/mol. The van der Waals surface area contributed by atoms with Gasteiger partial charge in [0.1, 0.15) is 5.01 Å². The zero-order valence-corrected chi connectivity index (χ0v) is 11.3. The highest BCUT2D eigenvalue weighted by Crippen LogP contribution is 2.15. The highest BCUT2D eigenvalue weighted by Gasteiger charge is 2.20. The van der Waals surface area contributed by atoms with Crippen molar-refractivity contribution in [3.05, 3.63) is 16.1 Å². The van der Waals surface area contributed by atoms with E-state index in [-0.39, 0.29) is 0 Å². The van der Waals surface area contributed by atoms with Crippen LogP contribution in [-0.4, -0.2) is 49.4 Å². The zero-order chi connectivity index (χ0) is 12.1. The molecule has 1 aliphatic heterocycles. The van der Waals surface area contributed by atoms with Gasteiger partial charge in [0.25, 0.3) is 0 Å². The fraction of sp³-hybridized carbons (Fsp3) is 0.750. The molecule has 1 atom stereocenters. The van der Waals surface area contributed by atoms with Crippen molar-refractivity contribution in [2.75, 3.05) is 33.4 Å². The Kier molecular flexibility index (Phi) is 4.91. The molecule has 1 fully saturated rings. The van der Waals surface area contributed by atoms with Crippen LogP contribution in [-0.2, 0) is 16.0 Å². The first-order valence-electron chi connectivity index (χ1n) is 6.02. The lowest BCUT2D eigenvalue weighted by Crippen LogP contribution is -2.42. The normalized spacial score (nSPS) is 21.9. The van der Waals surface area contributed by atoms with Gasteiger partial charge in [-0.25, -0.2) is 4.98 Å². The Bertz CT molecular complexity index is 343. The van der Waals surface area contributed by atoms with E-state index in [2.05, 4.69) is 15.3 Å². The van der Waals surface area contributed by atoms with Gasteiger partial charge in [-0.3, -0.25) is 4.90 Å². The summed E-state index contributed by atoms with van der Waals surface area (Å²) in [7, 11) is 1.74. The minimum atomic E-state index is 0.310. The first-order chi connectivity index (χ1) is 8.28. The van der Waals surface area contributed by atoms with Gasteiger partial charge < -0.3 is 9.47 Å². The summed E-state index contributed by atoms with van der Waals surface area (Å²) in [6.07, 6.45) is 1.29. The van der Waals surface area contributed by atoms with Crippen LogP contribution < -0.4 is 0 Å². The number of aromatic nitrogens is 1. The second kappa shape index (κ2) is 6.44. The maximum absolute atomic E-state index is 5.71. The Balaban J connectivity index is 1.80. The molecule has 0 bridgehead atoms. The van der Waals surface area contributed by atoms with Crippen LogP contribution in [0.25, 0.3) is 0 Å². The Morgan fingerprint density at radius 1 is 1.65 bits per heavy atom. The average molecular weight is 256 g/mol. The molecule has 0 N–H and O–H groups in total. The third kappa shape index (κ3) is 4.03. The number of thiazole rings is 1. The minimum Gasteiger partial charge on any atom is -0.385 e. The fourth-order valence-electron chi connectivity index (χ4n) is 2.01. The Labute approximate surface area is 107 Å². The SMILES string of the molecule is COCCC1CN(Cc2nc(C)cs2)CCO1. The second-order valence-electron chi connectivity index (χ2n) is 4.39. The number of rotatable bonds is 5. The topological polar surface area (TPSA) is 34.6 Å². The van der Waals surface area contributed by atoms with Crippen molar-refractivity contribution in [2.24, 2.45) is 0 Å². The maximum Gasteiger partial charge on any atom is 0.107 e. The van der Waals surface area contributed by atoms with Gasteiger partial charge in [-0.1, -0.05) is 0 Å². The molecule has 0 amide bonds. The predicted octanol–water partition coefficient (Wildman–Crippen LogP) is 1.69. The molecule has 1 saturated heterocycles. The molecule has 4 nitrogen and oxygen atoms in total. The van der Waals surface area contributed by atoms with Crippen molar-refractivity contribution in [3.63, 3.8) is 0 Å². The average Bonchev–Trinajstić information content (AvgIpc) is 2.73. The highest BCUT2D eigenvalue weighted by molar-refractivity contribution is 7.09. The van der Waals surface area contributed by atoms with Crippen molar-refractivity contribution in [1.29, 1.82) is 0 Å². The van der Waals surface area contributed by atoms with E-state index in [1.165, 1.54) is 5.01 Å². The number of nitrogens with zero attached hydrogens (tertiary/aromatic N) is 2. The summed E-state index contributed by atoms with van der Waals surface area (Å²) in [5.41, 5.74) is 1.12. The first kappa shape index (κ1) is 13.0. The Hall–Kier alpha value is -0.490. The van der Waals surface area contributed by atoms with Crippen LogP contribution in [0.2, 0.25) is 0 Å². The summed E-state index contributed by atoms with van der Waals surface area (Å²) >= 11 is 1.74. The van der Waals surface area contributed by atoms with Crippen LogP contribution in [0.15, 0.2) is 5.38 Å². The molecular weight excluding hydrogens is 236 g/mol. The van der Waals surface area contributed by atoms with Crippen LogP contribution in [0.5, 0.6) is 0 Å². The molecule has 1 aromatic heterocycles. The van der Waals surface area contributed by atoms with E-state index in [1.54, 1.807) is 18.4 Å². The standard InChI is InChI=1S/C12H20N2O2S/c1-10-9-17-12(13-10)8-14-4-6-16-11(7-14)3-5-15-2/h9,11H,3-8H2,1-2H3. The maximum atomic E-state index is 5.71. The van der Waals surface area contributed by atoms with Crippen molar-refractivity contribution in [1.82, 2.24) is 9.88 Å². The van der Waals surface area contributed by atoms with E-state index in [0.717, 1.165) is 45.0 Å². The summed E-state index contributed by atoms with van der Waals surface area (Å²) in [6, 6.07) is 0. The van der Waals surface area contributed by atoms with Gasteiger partial charge in [-0.2, -0.15) is 0 Å². The first-order valence-corrected chi connectivity index (χ1v) is 6.90. The van der Waals surface area contributed by atoms with E-state index >= 15 is 0 Å². The third-order valence-corrected chi connectivity index (χ3v) is 3.84. The van der Waals surface area contributed by atoms with E-state index in [1.807, 2.05) is 6.92 Å². The molecule has 5 heteroatoms. The molecule has 1 unspecified atom stereocenters. The summed E-state index contributed by atoms with van der Waals surface area (Å²) in [5.74, 6) is 0. The van der Waals surface area contributed by atoms with Crippen molar-refractivity contribution in [2.45, 2.75) is 26.0 Å². The number of ether oxygens (including phenoxy) is 2. The number of hydrogen-bond donors (Lipinski definition) is 0. The molecule has 0 radical (unpaired) electrons. The van der Waals surface area contributed by atoms with E-state index in [4.69, 9.17) is 9.47 Å². The molecule has 2 rings (SSSR count). The lowest BCUT2D eigenvalue weighted by atomic mass is 10.2. The summed E-state index contributed by atoms with van der Waals surface area (Å²) in [6.45, 7) is 6.57. The Morgan fingerprint density at radius 3 is 3.24 bits per heavy atom. The van der Waals surface area contributed by atoms with Crippen LogP contribution in [0.1, 0.15) is 17.1 Å². The predicted molar refractivity (Wildman–Crippen MR) is 68.4 cm³/mol. The molecular formula is C12H20N2O2S. The van der Waals surface area contributed by atoms with Crippen molar-refractivity contribution >= 4 is 11.3 Å². The van der Waals surface area contributed by atoms with Gasteiger partial charge in [0.05, 0.1) is 19.3 Å². The van der Waals surface area contributed by atoms with E-state index in [9.17, 15) is 0 Å². The van der Waals surface area contributed by atoms with Crippen LogP contribution in [0.4, 0.5) is 0 Å². The number of morpholine rings is 1. The largest absolute Gasteiger partial charge is 0.385 e. The Morgan fingerprint density at radius 2 is 2.53 bits per heavy atom. The van der Waals surface area contributed by atoms with Crippen LogP contribution >= 0.6 is 11.3 Å². The highest BCUT2D eigenvalue weighted by atomic mass is 32.1. The number of methoxy groups -OCH3 is 1.